The second kappa shape index (κ2) is 8.25. The Morgan fingerprint density at radius 1 is 1.32 bits per heavy atom. The number of ether oxygens (including phenoxy) is 1. The Morgan fingerprint density at radius 3 is 2.52 bits per heavy atom. The Balaban J connectivity index is 2.27. The van der Waals surface area contributed by atoms with E-state index in [0.717, 1.165) is 5.56 Å². The Labute approximate surface area is 156 Å². The number of hydrogen-bond acceptors (Lipinski definition) is 5. The van der Waals surface area contributed by atoms with Crippen LogP contribution in [0, 0.1) is 25.0 Å². The lowest BCUT2D eigenvalue weighted by molar-refractivity contribution is -0.384. The van der Waals surface area contributed by atoms with Crippen molar-refractivity contribution in [3.05, 3.63) is 67.3 Å². The van der Waals surface area contributed by atoms with Crippen LogP contribution in [0.25, 0.3) is 11.6 Å². The first-order valence-electron chi connectivity index (χ1n) is 6.91. The van der Waals surface area contributed by atoms with E-state index in [0.29, 0.717) is 20.5 Å². The molecule has 8 heteroatoms. The summed E-state index contributed by atoms with van der Waals surface area (Å²) in [5.74, 6) is -0.626. The van der Waals surface area contributed by atoms with Gasteiger partial charge in [-0.05, 0) is 64.1 Å². The number of hydrogen-bond donors (Lipinski definition) is 1. The van der Waals surface area contributed by atoms with E-state index >= 15 is 0 Å². The van der Waals surface area contributed by atoms with Crippen LogP contribution in [0.5, 0.6) is 5.75 Å². The molecule has 0 saturated carbocycles. The second-order valence-electron chi connectivity index (χ2n) is 4.85. The van der Waals surface area contributed by atoms with Gasteiger partial charge in [0.1, 0.15) is 5.75 Å². The highest BCUT2D eigenvalue weighted by atomic mass is 127. The predicted molar refractivity (Wildman–Crippen MR) is 98.9 cm³/mol. The fraction of sp³-hybridized carbons (Fsp3) is 0.0588. The zero-order chi connectivity index (χ0) is 18.4. The fourth-order valence-corrected chi connectivity index (χ4v) is 2.67. The molecular formula is C17H11IN2O5. The molecular weight excluding hydrogens is 439 g/mol. The van der Waals surface area contributed by atoms with Gasteiger partial charge >= 0.3 is 5.97 Å². The van der Waals surface area contributed by atoms with Crippen molar-refractivity contribution in [2.75, 3.05) is 6.61 Å². The minimum atomic E-state index is -1.07. The topological polar surface area (TPSA) is 113 Å². The summed E-state index contributed by atoms with van der Waals surface area (Å²) in [5.41, 5.74) is 1.59. The van der Waals surface area contributed by atoms with E-state index in [1.165, 1.54) is 24.3 Å². The average molecular weight is 450 g/mol. The first-order chi connectivity index (χ1) is 11.9. The van der Waals surface area contributed by atoms with Gasteiger partial charge < -0.3 is 9.84 Å². The Hall–Kier alpha value is -2.93. The molecule has 2 rings (SSSR count). The van der Waals surface area contributed by atoms with Gasteiger partial charge in [0.15, 0.2) is 6.61 Å². The molecule has 0 aromatic heterocycles. The Kier molecular flexibility index (Phi) is 6.08. The summed E-state index contributed by atoms with van der Waals surface area (Å²) in [4.78, 5) is 20.7. The number of carboxylic acids is 1. The third-order valence-corrected chi connectivity index (χ3v) is 3.97. The van der Waals surface area contributed by atoms with Crippen molar-refractivity contribution in [1.82, 2.24) is 0 Å². The van der Waals surface area contributed by atoms with Crippen LogP contribution < -0.4 is 4.74 Å². The largest absolute Gasteiger partial charge is 0.481 e. The van der Waals surface area contributed by atoms with Crippen LogP contribution in [-0.2, 0) is 4.79 Å². The number of allylic oxidation sites excluding steroid dienone is 1. The first-order valence-corrected chi connectivity index (χ1v) is 7.99. The molecule has 2 aromatic rings. The molecule has 0 saturated heterocycles. The third kappa shape index (κ3) is 5.02. The van der Waals surface area contributed by atoms with E-state index < -0.39 is 17.5 Å². The lowest BCUT2D eigenvalue weighted by Crippen LogP contribution is -2.10. The van der Waals surface area contributed by atoms with E-state index in [9.17, 15) is 20.2 Å². The van der Waals surface area contributed by atoms with Crippen LogP contribution in [0.15, 0.2) is 42.5 Å². The van der Waals surface area contributed by atoms with Crippen LogP contribution in [0.3, 0.4) is 0 Å². The molecule has 0 amide bonds. The molecule has 0 unspecified atom stereocenters. The van der Waals surface area contributed by atoms with Crippen LogP contribution in [-0.4, -0.2) is 22.6 Å². The highest BCUT2D eigenvalue weighted by Crippen LogP contribution is 2.25. The standard InChI is InChI=1S/C17H11IN2O5/c18-15-8-11(1-6-16(15)25-10-17(21)22)7-13(9-19)12-2-4-14(5-3-12)20(23)24/h1-8H,10H2,(H,21,22)/b13-7-. The summed E-state index contributed by atoms with van der Waals surface area (Å²) >= 11 is 2.01. The number of nitro groups is 1. The maximum Gasteiger partial charge on any atom is 0.341 e. The zero-order valence-electron chi connectivity index (χ0n) is 12.7. The molecule has 0 fully saturated rings. The lowest BCUT2D eigenvalue weighted by Gasteiger charge is -2.07. The number of nitrogens with zero attached hydrogens (tertiary/aromatic N) is 2. The zero-order valence-corrected chi connectivity index (χ0v) is 14.8. The highest BCUT2D eigenvalue weighted by Gasteiger charge is 2.08. The van der Waals surface area contributed by atoms with Crippen molar-refractivity contribution in [2.24, 2.45) is 0 Å². The highest BCUT2D eigenvalue weighted by molar-refractivity contribution is 14.1. The lowest BCUT2D eigenvalue weighted by atomic mass is 10.0. The van der Waals surface area contributed by atoms with Gasteiger partial charge in [-0.25, -0.2) is 4.79 Å². The number of halogens is 1. The van der Waals surface area contributed by atoms with Crippen molar-refractivity contribution in [2.45, 2.75) is 0 Å². The number of aliphatic carboxylic acids is 1. The number of nitro benzene ring substituents is 1. The summed E-state index contributed by atoms with van der Waals surface area (Å²) in [5, 5.41) is 28.7. The number of non-ortho nitro benzene ring substituents is 1. The van der Waals surface area contributed by atoms with Gasteiger partial charge in [-0.15, -0.1) is 0 Å². The smallest absolute Gasteiger partial charge is 0.341 e. The molecule has 25 heavy (non-hydrogen) atoms. The predicted octanol–water partition coefficient (Wildman–Crippen LogP) is 3.73. The minimum absolute atomic E-state index is 0.0458. The minimum Gasteiger partial charge on any atom is -0.481 e. The molecule has 0 aliphatic heterocycles. The molecule has 0 atom stereocenters. The molecule has 7 nitrogen and oxygen atoms in total. The quantitative estimate of drug-likeness (QED) is 0.236. The molecule has 0 spiro atoms. The molecule has 0 bridgehead atoms. The van der Waals surface area contributed by atoms with E-state index in [4.69, 9.17) is 9.84 Å². The maximum absolute atomic E-state index is 10.7. The molecule has 0 heterocycles. The van der Waals surface area contributed by atoms with E-state index in [-0.39, 0.29) is 5.69 Å². The summed E-state index contributed by atoms with van der Waals surface area (Å²) < 4.78 is 5.85. The van der Waals surface area contributed by atoms with Crippen LogP contribution in [0.1, 0.15) is 11.1 Å². The Bertz CT molecular complexity index is 885. The summed E-state index contributed by atoms with van der Waals surface area (Å²) in [6.45, 7) is -0.433. The van der Waals surface area contributed by atoms with Crippen molar-refractivity contribution in [3.63, 3.8) is 0 Å². The number of benzene rings is 2. The number of rotatable bonds is 6. The van der Waals surface area contributed by atoms with Gasteiger partial charge in [-0.2, -0.15) is 5.26 Å². The van der Waals surface area contributed by atoms with Crippen LogP contribution in [0.4, 0.5) is 5.69 Å². The van der Waals surface area contributed by atoms with Crippen molar-refractivity contribution in [1.29, 1.82) is 5.26 Å². The van der Waals surface area contributed by atoms with Crippen LogP contribution >= 0.6 is 22.6 Å². The summed E-state index contributed by atoms with van der Waals surface area (Å²) in [6, 6.07) is 12.9. The molecule has 2 aromatic carbocycles. The third-order valence-electron chi connectivity index (χ3n) is 3.13. The van der Waals surface area contributed by atoms with Gasteiger partial charge in [0.25, 0.3) is 5.69 Å². The van der Waals surface area contributed by atoms with Gasteiger partial charge in [0.05, 0.1) is 20.1 Å². The van der Waals surface area contributed by atoms with Gasteiger partial charge in [-0.1, -0.05) is 6.07 Å². The van der Waals surface area contributed by atoms with E-state index in [1.54, 1.807) is 24.3 Å². The summed E-state index contributed by atoms with van der Waals surface area (Å²) in [7, 11) is 0. The number of carboxylic acid groups (broad SMARTS) is 1. The summed E-state index contributed by atoms with van der Waals surface area (Å²) in [6.07, 6.45) is 1.64. The molecule has 1 N–H and O–H groups in total. The van der Waals surface area contributed by atoms with Gasteiger partial charge in [0.2, 0.25) is 0 Å². The van der Waals surface area contributed by atoms with E-state index in [2.05, 4.69) is 6.07 Å². The molecule has 0 aliphatic rings. The fourth-order valence-electron chi connectivity index (χ4n) is 1.97. The number of nitriles is 1. The van der Waals surface area contributed by atoms with Crippen molar-refractivity contribution >= 4 is 45.9 Å². The molecule has 126 valence electrons. The van der Waals surface area contributed by atoms with Gasteiger partial charge in [-0.3, -0.25) is 10.1 Å². The van der Waals surface area contributed by atoms with Gasteiger partial charge in [0, 0.05) is 12.1 Å². The molecule has 0 aliphatic carbocycles. The first kappa shape index (κ1) is 18.4. The van der Waals surface area contributed by atoms with Crippen LogP contribution in [0.2, 0.25) is 0 Å². The molecule has 0 radical (unpaired) electrons. The SMILES string of the molecule is N#C/C(=C/c1ccc(OCC(=O)O)c(I)c1)c1ccc([N+](=O)[O-])cc1. The normalized spacial score (nSPS) is 10.8. The average Bonchev–Trinajstić information content (AvgIpc) is 2.58. The van der Waals surface area contributed by atoms with E-state index in [1.807, 2.05) is 22.6 Å². The monoisotopic (exact) mass is 450 g/mol. The Morgan fingerprint density at radius 2 is 2.00 bits per heavy atom. The maximum atomic E-state index is 10.7. The second-order valence-corrected chi connectivity index (χ2v) is 6.01. The van der Waals surface area contributed by atoms with Crippen molar-refractivity contribution < 1.29 is 19.6 Å². The number of carbonyl (C=O) groups is 1. The van der Waals surface area contributed by atoms with Crippen molar-refractivity contribution in [3.8, 4) is 11.8 Å².